The number of nitrogens with zero attached hydrogens (tertiary/aromatic N) is 3. The first-order chi connectivity index (χ1) is 6.58. The van der Waals surface area contributed by atoms with Crippen LogP contribution in [-0.4, -0.2) is 39.9 Å². The van der Waals surface area contributed by atoms with E-state index >= 15 is 0 Å². The van der Waals surface area contributed by atoms with Crippen LogP contribution in [0.3, 0.4) is 0 Å². The average Bonchev–Trinajstić information content (AvgIpc) is 2.48. The smallest absolute Gasteiger partial charge is 0.230 e. The summed E-state index contributed by atoms with van der Waals surface area (Å²) in [6, 6.07) is 0. The number of hydrogen-bond acceptors (Lipinski definition) is 5. The molecule has 0 fully saturated rings. The maximum absolute atomic E-state index is 9.09. The van der Waals surface area contributed by atoms with E-state index in [0.29, 0.717) is 18.3 Å². The van der Waals surface area contributed by atoms with Gasteiger partial charge < -0.3 is 9.52 Å². The van der Waals surface area contributed by atoms with Gasteiger partial charge in [-0.2, -0.15) is 0 Å². The van der Waals surface area contributed by atoms with Crippen molar-refractivity contribution < 1.29 is 9.52 Å². The number of rotatable bonds is 5. The van der Waals surface area contributed by atoms with Gasteiger partial charge in [0.15, 0.2) is 0 Å². The fraction of sp³-hybridized carbons (Fsp3) is 0.778. The lowest BCUT2D eigenvalue weighted by atomic mass is 10.3. The molecule has 14 heavy (non-hydrogen) atoms. The molecule has 0 aromatic carbocycles. The average molecular weight is 199 g/mol. The molecule has 1 heterocycles. The molecule has 0 bridgehead atoms. The largest absolute Gasteiger partial charge is 0.424 e. The van der Waals surface area contributed by atoms with E-state index in [0.717, 1.165) is 13.0 Å². The maximum Gasteiger partial charge on any atom is 0.230 e. The highest BCUT2D eigenvalue weighted by atomic mass is 16.4. The van der Waals surface area contributed by atoms with Gasteiger partial charge in [0, 0.05) is 13.5 Å². The summed E-state index contributed by atoms with van der Waals surface area (Å²) in [4.78, 5) is 2.04. The van der Waals surface area contributed by atoms with Crippen LogP contribution in [0, 0.1) is 6.92 Å². The molecule has 0 saturated carbocycles. The quantitative estimate of drug-likeness (QED) is 0.751. The van der Waals surface area contributed by atoms with E-state index in [4.69, 9.17) is 9.52 Å². The van der Waals surface area contributed by atoms with Gasteiger partial charge in [-0.15, -0.1) is 10.2 Å². The van der Waals surface area contributed by atoms with Crippen LogP contribution in [0.25, 0.3) is 0 Å². The molecule has 5 nitrogen and oxygen atoms in total. The SMILES string of the molecule is Cc1nnc(CN(C)CCC(C)O)o1. The highest BCUT2D eigenvalue weighted by Crippen LogP contribution is 2.02. The summed E-state index contributed by atoms with van der Waals surface area (Å²) in [5.41, 5.74) is 0. The lowest BCUT2D eigenvalue weighted by Gasteiger charge is -2.14. The molecule has 1 rings (SSSR count). The number of aromatic nitrogens is 2. The lowest BCUT2D eigenvalue weighted by Crippen LogP contribution is -2.22. The molecule has 1 aromatic heterocycles. The Hall–Kier alpha value is -0.940. The van der Waals surface area contributed by atoms with Crippen molar-refractivity contribution in [2.45, 2.75) is 32.9 Å². The topological polar surface area (TPSA) is 62.4 Å². The number of aliphatic hydroxyl groups is 1. The van der Waals surface area contributed by atoms with Gasteiger partial charge in [0.1, 0.15) is 0 Å². The third kappa shape index (κ3) is 3.85. The van der Waals surface area contributed by atoms with Crippen LogP contribution in [0.15, 0.2) is 4.42 Å². The Bertz CT molecular complexity index is 273. The highest BCUT2D eigenvalue weighted by Gasteiger charge is 2.07. The molecule has 1 atom stereocenters. The van der Waals surface area contributed by atoms with Crippen LogP contribution in [0.5, 0.6) is 0 Å². The summed E-state index contributed by atoms with van der Waals surface area (Å²) in [5, 5.41) is 16.7. The standard InChI is InChI=1S/C9H17N3O2/c1-7(13)4-5-12(3)6-9-11-10-8(2)14-9/h7,13H,4-6H2,1-3H3. The molecule has 0 aliphatic carbocycles. The first-order valence-corrected chi connectivity index (χ1v) is 4.73. The Morgan fingerprint density at radius 2 is 2.21 bits per heavy atom. The van der Waals surface area contributed by atoms with Crippen molar-refractivity contribution >= 4 is 0 Å². The van der Waals surface area contributed by atoms with Crippen molar-refractivity contribution in [1.82, 2.24) is 15.1 Å². The molecule has 1 aromatic rings. The van der Waals surface area contributed by atoms with Crippen molar-refractivity contribution in [1.29, 1.82) is 0 Å². The lowest BCUT2D eigenvalue weighted by molar-refractivity contribution is 0.159. The van der Waals surface area contributed by atoms with Crippen molar-refractivity contribution in [3.05, 3.63) is 11.8 Å². The summed E-state index contributed by atoms with van der Waals surface area (Å²) < 4.78 is 5.23. The number of aliphatic hydroxyl groups excluding tert-OH is 1. The summed E-state index contributed by atoms with van der Waals surface area (Å²) in [6.07, 6.45) is 0.491. The van der Waals surface area contributed by atoms with E-state index in [1.165, 1.54) is 0 Å². The van der Waals surface area contributed by atoms with Gasteiger partial charge in [0.05, 0.1) is 12.6 Å². The molecule has 0 radical (unpaired) electrons. The normalized spacial score (nSPS) is 13.5. The molecule has 0 amide bonds. The first kappa shape index (κ1) is 11.1. The summed E-state index contributed by atoms with van der Waals surface area (Å²) >= 11 is 0. The van der Waals surface area contributed by atoms with Crippen molar-refractivity contribution in [3.63, 3.8) is 0 Å². The van der Waals surface area contributed by atoms with Gasteiger partial charge in [-0.1, -0.05) is 0 Å². The van der Waals surface area contributed by atoms with Crippen LogP contribution < -0.4 is 0 Å². The maximum atomic E-state index is 9.09. The molecule has 0 aliphatic heterocycles. The Labute approximate surface area is 83.7 Å². The monoisotopic (exact) mass is 199 g/mol. The molecule has 1 N–H and O–H groups in total. The van der Waals surface area contributed by atoms with Crippen molar-refractivity contribution in [2.75, 3.05) is 13.6 Å². The van der Waals surface area contributed by atoms with Gasteiger partial charge in [0.2, 0.25) is 11.8 Å². The first-order valence-electron chi connectivity index (χ1n) is 4.73. The summed E-state index contributed by atoms with van der Waals surface area (Å²) in [5.74, 6) is 1.21. The summed E-state index contributed by atoms with van der Waals surface area (Å²) in [7, 11) is 1.96. The van der Waals surface area contributed by atoms with Crippen LogP contribution in [0.4, 0.5) is 0 Å². The van der Waals surface area contributed by atoms with E-state index in [2.05, 4.69) is 10.2 Å². The number of hydrogen-bond donors (Lipinski definition) is 1. The third-order valence-electron chi connectivity index (χ3n) is 1.90. The minimum atomic E-state index is -0.262. The van der Waals surface area contributed by atoms with Gasteiger partial charge >= 0.3 is 0 Å². The zero-order valence-corrected chi connectivity index (χ0v) is 8.90. The third-order valence-corrected chi connectivity index (χ3v) is 1.90. The van der Waals surface area contributed by atoms with E-state index in [-0.39, 0.29) is 6.10 Å². The molecule has 0 aliphatic rings. The van der Waals surface area contributed by atoms with Crippen LogP contribution in [0.1, 0.15) is 25.1 Å². The fourth-order valence-electron chi connectivity index (χ4n) is 1.12. The molecular formula is C9H17N3O2. The molecule has 0 spiro atoms. The van der Waals surface area contributed by atoms with E-state index in [1.807, 2.05) is 11.9 Å². The predicted molar refractivity (Wildman–Crippen MR) is 51.7 cm³/mol. The minimum absolute atomic E-state index is 0.262. The van der Waals surface area contributed by atoms with Gasteiger partial charge in [0.25, 0.3) is 0 Å². The van der Waals surface area contributed by atoms with Crippen LogP contribution >= 0.6 is 0 Å². The molecule has 80 valence electrons. The van der Waals surface area contributed by atoms with Crippen molar-refractivity contribution in [3.8, 4) is 0 Å². The van der Waals surface area contributed by atoms with Crippen LogP contribution in [0.2, 0.25) is 0 Å². The Morgan fingerprint density at radius 1 is 1.50 bits per heavy atom. The number of aryl methyl sites for hydroxylation is 1. The fourth-order valence-corrected chi connectivity index (χ4v) is 1.12. The van der Waals surface area contributed by atoms with Gasteiger partial charge in [-0.3, -0.25) is 4.90 Å². The zero-order chi connectivity index (χ0) is 10.6. The van der Waals surface area contributed by atoms with E-state index < -0.39 is 0 Å². The molecular weight excluding hydrogens is 182 g/mol. The second kappa shape index (κ2) is 5.07. The molecule has 5 heteroatoms. The minimum Gasteiger partial charge on any atom is -0.424 e. The zero-order valence-electron chi connectivity index (χ0n) is 8.90. The second-order valence-corrected chi connectivity index (χ2v) is 3.59. The van der Waals surface area contributed by atoms with E-state index in [1.54, 1.807) is 13.8 Å². The highest BCUT2D eigenvalue weighted by molar-refractivity contribution is 4.78. The molecule has 0 saturated heterocycles. The molecule has 1 unspecified atom stereocenters. The van der Waals surface area contributed by atoms with Gasteiger partial charge in [-0.25, -0.2) is 0 Å². The Morgan fingerprint density at radius 3 is 2.71 bits per heavy atom. The van der Waals surface area contributed by atoms with Crippen LogP contribution in [-0.2, 0) is 6.54 Å². The van der Waals surface area contributed by atoms with Crippen molar-refractivity contribution in [2.24, 2.45) is 0 Å². The predicted octanol–water partition coefficient (Wildman–Crippen LogP) is 0.581. The Kier molecular flexibility index (Phi) is 4.03. The summed E-state index contributed by atoms with van der Waals surface area (Å²) in [6.45, 7) is 5.00. The van der Waals surface area contributed by atoms with Gasteiger partial charge in [-0.05, 0) is 20.4 Å². The Balaban J connectivity index is 2.30. The second-order valence-electron chi connectivity index (χ2n) is 3.59. The van der Waals surface area contributed by atoms with E-state index in [9.17, 15) is 0 Å².